The van der Waals surface area contributed by atoms with Crippen molar-refractivity contribution < 1.29 is 0 Å². The van der Waals surface area contributed by atoms with Crippen molar-refractivity contribution in [3.63, 3.8) is 0 Å². The van der Waals surface area contributed by atoms with E-state index in [1.54, 1.807) is 7.05 Å². The van der Waals surface area contributed by atoms with E-state index >= 15 is 0 Å². The van der Waals surface area contributed by atoms with E-state index in [0.29, 0.717) is 6.54 Å². The summed E-state index contributed by atoms with van der Waals surface area (Å²) < 4.78 is 3.91. The van der Waals surface area contributed by atoms with Gasteiger partial charge in [0.2, 0.25) is 0 Å². The van der Waals surface area contributed by atoms with Gasteiger partial charge in [0.1, 0.15) is 0 Å². The van der Waals surface area contributed by atoms with E-state index in [1.165, 1.54) is 5.56 Å². The molecule has 3 aromatic heterocycles. The molecule has 4 aromatic rings. The smallest absolute Gasteiger partial charge is 0.191 e. The van der Waals surface area contributed by atoms with E-state index in [9.17, 15) is 0 Å². The first-order chi connectivity index (χ1) is 14.7. The van der Waals surface area contributed by atoms with Gasteiger partial charge in [-0.1, -0.05) is 24.3 Å². The fourth-order valence-electron chi connectivity index (χ4n) is 3.33. The lowest BCUT2D eigenvalue weighted by Crippen LogP contribution is -2.37. The van der Waals surface area contributed by atoms with Gasteiger partial charge in [0, 0.05) is 26.0 Å². The predicted octanol–water partition coefficient (Wildman–Crippen LogP) is 3.14. The number of guanidine groups is 1. The Balaban J connectivity index is 0.00000272. The van der Waals surface area contributed by atoms with Crippen molar-refractivity contribution >= 4 is 35.6 Å². The molecule has 0 saturated heterocycles. The average molecular weight is 530 g/mol. The molecular weight excluding hydrogens is 503 g/mol. The molecule has 0 aliphatic carbocycles. The van der Waals surface area contributed by atoms with Gasteiger partial charge >= 0.3 is 0 Å². The minimum atomic E-state index is 0. The Bertz CT molecular complexity index is 1130. The van der Waals surface area contributed by atoms with Crippen LogP contribution in [0.3, 0.4) is 0 Å². The van der Waals surface area contributed by atoms with Crippen LogP contribution in [0.4, 0.5) is 0 Å². The number of rotatable bonds is 7. The summed E-state index contributed by atoms with van der Waals surface area (Å²) in [7, 11) is 1.77. The van der Waals surface area contributed by atoms with Crippen molar-refractivity contribution in [3.05, 3.63) is 78.0 Å². The van der Waals surface area contributed by atoms with Gasteiger partial charge in [-0.25, -0.2) is 4.68 Å². The van der Waals surface area contributed by atoms with Gasteiger partial charge in [-0.2, -0.15) is 5.10 Å². The molecule has 0 fully saturated rings. The molecule has 4 rings (SSSR count). The highest BCUT2D eigenvalue weighted by atomic mass is 127. The number of aliphatic imine (C=N–C) groups is 1. The fourth-order valence-corrected chi connectivity index (χ4v) is 3.33. The summed E-state index contributed by atoms with van der Waals surface area (Å²) in [6, 6.07) is 16.0. The first kappa shape index (κ1) is 22.7. The van der Waals surface area contributed by atoms with Crippen LogP contribution in [0.2, 0.25) is 0 Å². The molecule has 31 heavy (non-hydrogen) atoms. The maximum absolute atomic E-state index is 4.64. The van der Waals surface area contributed by atoms with Crippen LogP contribution in [0, 0.1) is 6.92 Å². The lowest BCUT2D eigenvalue weighted by molar-refractivity contribution is 0.726. The Morgan fingerprint density at radius 2 is 1.84 bits per heavy atom. The Morgan fingerprint density at radius 1 is 1.03 bits per heavy atom. The number of para-hydroxylation sites is 1. The molecule has 0 aliphatic rings. The SMILES string of the molecule is CN=C(NCCCc1cn(-c2ccccc2)nc1C)NCc1nnc2ccccn12.I. The van der Waals surface area contributed by atoms with Crippen LogP contribution >= 0.6 is 24.0 Å². The van der Waals surface area contributed by atoms with Gasteiger partial charge in [-0.05, 0) is 49.6 Å². The van der Waals surface area contributed by atoms with Crippen molar-refractivity contribution in [2.75, 3.05) is 13.6 Å². The zero-order valence-electron chi connectivity index (χ0n) is 17.7. The van der Waals surface area contributed by atoms with Crippen molar-refractivity contribution in [2.24, 2.45) is 4.99 Å². The number of benzene rings is 1. The molecule has 0 spiro atoms. The van der Waals surface area contributed by atoms with Crippen molar-refractivity contribution in [1.82, 2.24) is 35.0 Å². The minimum Gasteiger partial charge on any atom is -0.356 e. The van der Waals surface area contributed by atoms with Crippen LogP contribution < -0.4 is 10.6 Å². The van der Waals surface area contributed by atoms with Crippen LogP contribution in [0.5, 0.6) is 0 Å². The summed E-state index contributed by atoms with van der Waals surface area (Å²) in [5, 5.41) is 19.7. The lowest BCUT2D eigenvalue weighted by atomic mass is 10.1. The van der Waals surface area contributed by atoms with Gasteiger partial charge < -0.3 is 10.6 Å². The summed E-state index contributed by atoms with van der Waals surface area (Å²) in [4.78, 5) is 4.29. The van der Waals surface area contributed by atoms with E-state index in [-0.39, 0.29) is 24.0 Å². The Hall–Kier alpha value is -2.95. The van der Waals surface area contributed by atoms with E-state index in [0.717, 1.165) is 48.2 Å². The molecule has 0 saturated carbocycles. The number of aryl methyl sites for hydroxylation is 2. The third-order valence-electron chi connectivity index (χ3n) is 4.96. The fraction of sp³-hybridized carbons (Fsp3) is 0.273. The Labute approximate surface area is 198 Å². The van der Waals surface area contributed by atoms with Crippen molar-refractivity contribution in [1.29, 1.82) is 0 Å². The summed E-state index contributed by atoms with van der Waals surface area (Å²) in [6.07, 6.45) is 6.02. The highest BCUT2D eigenvalue weighted by Gasteiger charge is 2.08. The van der Waals surface area contributed by atoms with Crippen LogP contribution in [-0.4, -0.2) is 43.9 Å². The third-order valence-corrected chi connectivity index (χ3v) is 4.96. The molecule has 2 N–H and O–H groups in total. The molecule has 0 amide bonds. The van der Waals surface area contributed by atoms with E-state index < -0.39 is 0 Å². The molecule has 1 aromatic carbocycles. The second kappa shape index (κ2) is 10.9. The molecule has 0 unspecified atom stereocenters. The number of hydrogen-bond donors (Lipinski definition) is 2. The molecular formula is C22H27IN8. The number of hydrogen-bond acceptors (Lipinski definition) is 4. The summed E-state index contributed by atoms with van der Waals surface area (Å²) in [5.41, 5.74) is 4.25. The first-order valence-electron chi connectivity index (χ1n) is 10.1. The van der Waals surface area contributed by atoms with Crippen molar-refractivity contribution in [2.45, 2.75) is 26.3 Å². The molecule has 0 atom stereocenters. The quantitative estimate of drug-likeness (QED) is 0.166. The largest absolute Gasteiger partial charge is 0.356 e. The first-order valence-corrected chi connectivity index (χ1v) is 10.1. The van der Waals surface area contributed by atoms with Crippen LogP contribution in [0.1, 0.15) is 23.5 Å². The standard InChI is InChI=1S/C22H26N8.HI/c1-17-18(16-30(28-17)19-10-4-3-5-11-19)9-8-13-24-22(23-2)25-15-21-27-26-20-12-6-7-14-29(20)21;/h3-7,10-12,14,16H,8-9,13,15H2,1-2H3,(H2,23,24,25);1H. The lowest BCUT2D eigenvalue weighted by Gasteiger charge is -2.11. The number of pyridine rings is 1. The predicted molar refractivity (Wildman–Crippen MR) is 133 cm³/mol. The van der Waals surface area contributed by atoms with Gasteiger partial charge in [-0.15, -0.1) is 34.2 Å². The Kier molecular flexibility index (Phi) is 7.99. The topological polar surface area (TPSA) is 84.4 Å². The minimum absolute atomic E-state index is 0. The zero-order valence-corrected chi connectivity index (χ0v) is 20.0. The third kappa shape index (κ3) is 5.60. The summed E-state index contributed by atoms with van der Waals surface area (Å²) in [6.45, 7) is 3.43. The monoisotopic (exact) mass is 530 g/mol. The number of fused-ring (bicyclic) bond motifs is 1. The molecule has 0 bridgehead atoms. The number of aromatic nitrogens is 5. The van der Waals surface area contributed by atoms with Crippen LogP contribution in [0.15, 0.2) is 65.9 Å². The molecule has 0 aliphatic heterocycles. The maximum Gasteiger partial charge on any atom is 0.191 e. The van der Waals surface area contributed by atoms with E-state index in [1.807, 2.05) is 51.7 Å². The second-order valence-electron chi connectivity index (χ2n) is 7.02. The summed E-state index contributed by atoms with van der Waals surface area (Å²) in [5.74, 6) is 1.59. The average Bonchev–Trinajstić information content (AvgIpc) is 3.37. The second-order valence-corrected chi connectivity index (χ2v) is 7.02. The Morgan fingerprint density at radius 3 is 2.65 bits per heavy atom. The molecule has 8 nitrogen and oxygen atoms in total. The highest BCUT2D eigenvalue weighted by Crippen LogP contribution is 2.13. The van der Waals surface area contributed by atoms with E-state index in [4.69, 9.17) is 0 Å². The molecule has 162 valence electrons. The summed E-state index contributed by atoms with van der Waals surface area (Å²) >= 11 is 0. The van der Waals surface area contributed by atoms with Crippen LogP contribution in [-0.2, 0) is 13.0 Å². The van der Waals surface area contributed by atoms with E-state index in [2.05, 4.69) is 56.2 Å². The zero-order chi connectivity index (χ0) is 20.8. The maximum atomic E-state index is 4.64. The molecule has 3 heterocycles. The van der Waals surface area contributed by atoms with Gasteiger partial charge in [0.05, 0.1) is 17.9 Å². The molecule has 9 heteroatoms. The van der Waals surface area contributed by atoms with Gasteiger partial charge in [0.25, 0.3) is 0 Å². The molecule has 0 radical (unpaired) electrons. The normalized spacial score (nSPS) is 11.4. The van der Waals surface area contributed by atoms with Crippen molar-refractivity contribution in [3.8, 4) is 5.69 Å². The van der Waals surface area contributed by atoms with Gasteiger partial charge in [-0.3, -0.25) is 9.39 Å². The number of halogens is 1. The highest BCUT2D eigenvalue weighted by molar-refractivity contribution is 14.0. The van der Waals surface area contributed by atoms with Crippen LogP contribution in [0.25, 0.3) is 11.3 Å². The number of nitrogens with zero attached hydrogens (tertiary/aromatic N) is 6. The number of nitrogens with one attached hydrogen (secondary N) is 2. The van der Waals surface area contributed by atoms with Gasteiger partial charge in [0.15, 0.2) is 17.4 Å².